The molecule has 0 aliphatic heterocycles. The highest BCUT2D eigenvalue weighted by molar-refractivity contribution is 6.33. The van der Waals surface area contributed by atoms with Gasteiger partial charge < -0.3 is 20.1 Å². The molecule has 0 unspecified atom stereocenters. The van der Waals surface area contributed by atoms with Crippen LogP contribution in [0.4, 0.5) is 0 Å². The van der Waals surface area contributed by atoms with Crippen LogP contribution in [0.2, 0.25) is 5.02 Å². The number of phenols is 2. The van der Waals surface area contributed by atoms with Crippen molar-refractivity contribution in [3.63, 3.8) is 0 Å². The van der Waals surface area contributed by atoms with E-state index in [2.05, 4.69) is 0 Å². The summed E-state index contributed by atoms with van der Waals surface area (Å²) in [4.78, 5) is 11.6. The number of aliphatic hydroxyl groups is 1. The summed E-state index contributed by atoms with van der Waals surface area (Å²) in [6.07, 6.45) is 7.86. The van der Waals surface area contributed by atoms with Crippen LogP contribution < -0.4 is 0 Å². The molecule has 1 aromatic rings. The number of hydrogen-bond donors (Lipinski definition) is 3. The Bertz CT molecular complexity index is 650. The van der Waals surface area contributed by atoms with Gasteiger partial charge in [0.15, 0.2) is 0 Å². The topological polar surface area (TPSA) is 87.0 Å². The van der Waals surface area contributed by atoms with Gasteiger partial charge in [-0.25, -0.2) is 0 Å². The molecule has 1 aromatic carbocycles. The lowest BCUT2D eigenvalue weighted by molar-refractivity contribution is -0.154. The highest BCUT2D eigenvalue weighted by atomic mass is 35.5. The Hall–Kier alpha value is -1.46. The number of unbranched alkanes of at least 4 members (excludes halogenated alkanes) is 6. The number of halogens is 1. The Balaban J connectivity index is 2.25. The number of aromatic hydroxyl groups is 2. The highest BCUT2D eigenvalue weighted by Crippen LogP contribution is 2.41. The van der Waals surface area contributed by atoms with Crippen molar-refractivity contribution in [2.75, 3.05) is 0 Å². The van der Waals surface area contributed by atoms with Crippen LogP contribution in [0.1, 0.15) is 88.8 Å². The van der Waals surface area contributed by atoms with E-state index < -0.39 is 5.60 Å². The van der Waals surface area contributed by atoms with Gasteiger partial charge in [-0.2, -0.15) is 0 Å². The summed E-state index contributed by atoms with van der Waals surface area (Å²) in [6, 6.07) is 0. The molecule has 5 nitrogen and oxygen atoms in total. The van der Waals surface area contributed by atoms with Crippen molar-refractivity contribution in [1.82, 2.24) is 0 Å². The zero-order valence-electron chi connectivity index (χ0n) is 17.6. The van der Waals surface area contributed by atoms with E-state index in [-0.39, 0.29) is 29.1 Å². The maximum absolute atomic E-state index is 11.6. The van der Waals surface area contributed by atoms with Gasteiger partial charge in [0, 0.05) is 17.5 Å². The monoisotopic (exact) mass is 414 g/mol. The van der Waals surface area contributed by atoms with Crippen LogP contribution in [-0.4, -0.2) is 26.9 Å². The predicted molar refractivity (Wildman–Crippen MR) is 112 cm³/mol. The number of carbonyl (C=O) groups is 1. The summed E-state index contributed by atoms with van der Waals surface area (Å²) in [5, 5.41) is 30.1. The third-order valence-electron chi connectivity index (χ3n) is 4.73. The maximum Gasteiger partial charge on any atom is 0.306 e. The first-order valence-corrected chi connectivity index (χ1v) is 10.5. The van der Waals surface area contributed by atoms with E-state index in [1.54, 1.807) is 6.92 Å². The zero-order chi connectivity index (χ0) is 21.3. The van der Waals surface area contributed by atoms with E-state index >= 15 is 0 Å². The fraction of sp³-hybridized carbons (Fsp3) is 0.682. The Morgan fingerprint density at radius 1 is 0.929 bits per heavy atom. The van der Waals surface area contributed by atoms with Gasteiger partial charge >= 0.3 is 5.97 Å². The molecule has 0 heterocycles. The molecule has 0 saturated carbocycles. The standard InChI is InChI=1S/C22H35ClO5/c1-15-17(14-24)20(26)16(21(27)19(15)23)12-10-8-6-5-7-9-11-13-18(25)28-22(2,3)4/h24,26-27H,5-14H2,1-4H3. The molecule has 0 bridgehead atoms. The van der Waals surface area contributed by atoms with Gasteiger partial charge in [0.05, 0.1) is 11.6 Å². The molecule has 0 spiro atoms. The van der Waals surface area contributed by atoms with Crippen molar-refractivity contribution in [3.05, 3.63) is 21.7 Å². The smallest absolute Gasteiger partial charge is 0.306 e. The number of ether oxygens (including phenoxy) is 1. The molecule has 0 atom stereocenters. The Morgan fingerprint density at radius 2 is 1.46 bits per heavy atom. The molecule has 0 radical (unpaired) electrons. The minimum atomic E-state index is -0.417. The molecule has 0 aliphatic rings. The largest absolute Gasteiger partial charge is 0.507 e. The van der Waals surface area contributed by atoms with E-state index in [1.807, 2.05) is 20.8 Å². The van der Waals surface area contributed by atoms with Gasteiger partial charge in [-0.05, 0) is 52.5 Å². The molecule has 0 fully saturated rings. The van der Waals surface area contributed by atoms with Crippen molar-refractivity contribution in [2.24, 2.45) is 0 Å². The number of rotatable bonds is 11. The lowest BCUT2D eigenvalue weighted by atomic mass is 9.97. The van der Waals surface area contributed by atoms with Gasteiger partial charge in [-0.1, -0.05) is 43.7 Å². The molecular weight excluding hydrogens is 380 g/mol. The molecule has 0 aliphatic carbocycles. The van der Waals surface area contributed by atoms with E-state index in [0.717, 1.165) is 44.9 Å². The number of hydrogen-bond acceptors (Lipinski definition) is 5. The normalized spacial score (nSPS) is 11.6. The molecular formula is C22H35ClO5. The van der Waals surface area contributed by atoms with Crippen LogP contribution in [0.3, 0.4) is 0 Å². The van der Waals surface area contributed by atoms with Crippen LogP contribution in [-0.2, 0) is 22.6 Å². The number of esters is 1. The number of benzene rings is 1. The van der Waals surface area contributed by atoms with Crippen molar-refractivity contribution in [3.8, 4) is 11.5 Å². The lowest BCUT2D eigenvalue weighted by Crippen LogP contribution is -2.23. The van der Waals surface area contributed by atoms with Crippen molar-refractivity contribution >= 4 is 17.6 Å². The van der Waals surface area contributed by atoms with E-state index in [9.17, 15) is 20.1 Å². The van der Waals surface area contributed by atoms with Crippen LogP contribution in [0, 0.1) is 6.92 Å². The zero-order valence-corrected chi connectivity index (χ0v) is 18.4. The quantitative estimate of drug-likeness (QED) is 0.326. The van der Waals surface area contributed by atoms with Crippen molar-refractivity contribution < 1.29 is 24.9 Å². The van der Waals surface area contributed by atoms with Gasteiger partial charge in [0.1, 0.15) is 17.1 Å². The lowest BCUT2D eigenvalue weighted by Gasteiger charge is -2.19. The summed E-state index contributed by atoms with van der Waals surface area (Å²) < 4.78 is 5.29. The Labute approximate surface area is 173 Å². The SMILES string of the molecule is Cc1c(Cl)c(O)c(CCCCCCCCCC(=O)OC(C)(C)C)c(O)c1CO. The van der Waals surface area contributed by atoms with Gasteiger partial charge in [0.25, 0.3) is 0 Å². The van der Waals surface area contributed by atoms with Gasteiger partial charge in [0.2, 0.25) is 0 Å². The predicted octanol–water partition coefficient (Wildman–Crippen LogP) is 5.56. The van der Waals surface area contributed by atoms with Crippen molar-refractivity contribution in [1.29, 1.82) is 0 Å². The highest BCUT2D eigenvalue weighted by Gasteiger charge is 2.19. The van der Waals surface area contributed by atoms with Gasteiger partial charge in [-0.3, -0.25) is 4.79 Å². The fourth-order valence-electron chi connectivity index (χ4n) is 3.19. The molecule has 0 aromatic heterocycles. The van der Waals surface area contributed by atoms with Crippen LogP contribution in [0.25, 0.3) is 0 Å². The molecule has 1 rings (SSSR count). The first-order chi connectivity index (χ1) is 13.1. The number of phenolic OH excluding ortho intramolecular Hbond substituents is 1. The molecule has 0 saturated heterocycles. The van der Waals surface area contributed by atoms with Crippen molar-refractivity contribution in [2.45, 2.75) is 97.7 Å². The maximum atomic E-state index is 11.6. The summed E-state index contributed by atoms with van der Waals surface area (Å²) in [6.45, 7) is 6.98. The van der Waals surface area contributed by atoms with E-state index in [0.29, 0.717) is 29.5 Å². The Kier molecular flexibility index (Phi) is 10.1. The average Bonchev–Trinajstić information content (AvgIpc) is 2.60. The van der Waals surface area contributed by atoms with Crippen LogP contribution in [0.5, 0.6) is 11.5 Å². The van der Waals surface area contributed by atoms with Gasteiger partial charge in [-0.15, -0.1) is 0 Å². The summed E-state index contributed by atoms with van der Waals surface area (Å²) in [7, 11) is 0. The second-order valence-electron chi connectivity index (χ2n) is 8.31. The molecule has 28 heavy (non-hydrogen) atoms. The second-order valence-corrected chi connectivity index (χ2v) is 8.69. The third kappa shape index (κ3) is 7.88. The number of carbonyl (C=O) groups excluding carboxylic acids is 1. The van der Waals surface area contributed by atoms with Crippen LogP contribution in [0.15, 0.2) is 0 Å². The van der Waals surface area contributed by atoms with E-state index in [1.165, 1.54) is 0 Å². The molecule has 160 valence electrons. The summed E-state index contributed by atoms with van der Waals surface area (Å²) in [5.41, 5.74) is 0.883. The first-order valence-electron chi connectivity index (χ1n) is 10.1. The Morgan fingerprint density at radius 3 is 2.00 bits per heavy atom. The summed E-state index contributed by atoms with van der Waals surface area (Å²) in [5.74, 6) is -0.272. The average molecular weight is 415 g/mol. The van der Waals surface area contributed by atoms with Crippen LogP contribution >= 0.6 is 11.6 Å². The molecule has 6 heteroatoms. The number of aliphatic hydroxyl groups excluding tert-OH is 1. The molecule has 3 N–H and O–H groups in total. The van der Waals surface area contributed by atoms with E-state index in [4.69, 9.17) is 16.3 Å². The fourth-order valence-corrected chi connectivity index (χ4v) is 3.42. The first kappa shape index (κ1) is 24.6. The third-order valence-corrected chi connectivity index (χ3v) is 5.20. The minimum Gasteiger partial charge on any atom is -0.507 e. The summed E-state index contributed by atoms with van der Waals surface area (Å²) >= 11 is 6.10. The minimum absolute atomic E-state index is 0.0518. The second kappa shape index (κ2) is 11.5. The molecule has 0 amide bonds.